The Balaban J connectivity index is 3.31. The highest BCUT2D eigenvalue weighted by Crippen LogP contribution is 2.38. The Morgan fingerprint density at radius 3 is 2.45 bits per heavy atom. The van der Waals surface area contributed by atoms with Crippen LogP contribution in [0.1, 0.15) is 27.2 Å². The maximum atomic E-state index is 12.6. The van der Waals surface area contributed by atoms with Gasteiger partial charge in [-0.05, 0) is 20.3 Å². The first-order valence-corrected chi connectivity index (χ1v) is 8.49. The Morgan fingerprint density at radius 1 is 1.50 bits per heavy atom. The van der Waals surface area contributed by atoms with Gasteiger partial charge < -0.3 is 5.32 Å². The fourth-order valence-electron chi connectivity index (χ4n) is 1.79. The fraction of sp³-hybridized carbons (Fsp3) is 0.636. The predicted octanol–water partition coefficient (Wildman–Crippen LogP) is 2.51. The molecule has 0 aromatic carbocycles. The van der Waals surface area contributed by atoms with Gasteiger partial charge in [0.1, 0.15) is 4.21 Å². The smallest absolute Gasteiger partial charge is 0.304 e. The summed E-state index contributed by atoms with van der Waals surface area (Å²) >= 11 is 0.884. The van der Waals surface area contributed by atoms with Gasteiger partial charge >= 0.3 is 5.69 Å². The van der Waals surface area contributed by atoms with Crippen molar-refractivity contribution in [1.82, 2.24) is 4.31 Å². The number of rotatable bonds is 7. The summed E-state index contributed by atoms with van der Waals surface area (Å²) in [6, 6.07) is 0.927. The van der Waals surface area contributed by atoms with Crippen LogP contribution in [0.3, 0.4) is 0 Å². The molecule has 9 heteroatoms. The number of nitrogens with one attached hydrogen (secondary N) is 1. The Hall–Kier alpha value is -1.19. The van der Waals surface area contributed by atoms with Crippen LogP contribution in [0.25, 0.3) is 0 Å². The van der Waals surface area contributed by atoms with E-state index >= 15 is 0 Å². The summed E-state index contributed by atoms with van der Waals surface area (Å²) < 4.78 is 26.5. The molecule has 1 rings (SSSR count). The van der Waals surface area contributed by atoms with Gasteiger partial charge in [-0.3, -0.25) is 10.1 Å². The van der Waals surface area contributed by atoms with E-state index in [9.17, 15) is 18.5 Å². The minimum atomic E-state index is -3.70. The number of hydrogen-bond acceptors (Lipinski definition) is 6. The lowest BCUT2D eigenvalue weighted by atomic mass is 10.4. The second kappa shape index (κ2) is 6.51. The largest absolute Gasteiger partial charge is 0.374 e. The molecule has 0 bridgehead atoms. The van der Waals surface area contributed by atoms with Crippen LogP contribution < -0.4 is 5.32 Å². The van der Waals surface area contributed by atoms with E-state index in [2.05, 4.69) is 5.32 Å². The maximum absolute atomic E-state index is 12.6. The number of nitro groups is 1. The van der Waals surface area contributed by atoms with E-state index in [1.165, 1.54) is 11.4 Å². The average Bonchev–Trinajstić information content (AvgIpc) is 2.80. The lowest BCUT2D eigenvalue weighted by Crippen LogP contribution is -2.37. The first-order chi connectivity index (χ1) is 9.25. The van der Waals surface area contributed by atoms with Crippen LogP contribution in [0.4, 0.5) is 10.7 Å². The zero-order valence-electron chi connectivity index (χ0n) is 11.9. The lowest BCUT2D eigenvalue weighted by molar-refractivity contribution is -0.383. The van der Waals surface area contributed by atoms with Crippen LogP contribution in [0.15, 0.2) is 10.3 Å². The van der Waals surface area contributed by atoms with Crippen LogP contribution in [-0.4, -0.2) is 37.3 Å². The molecule has 114 valence electrons. The topological polar surface area (TPSA) is 92.5 Å². The van der Waals surface area contributed by atoms with Gasteiger partial charge in [-0.25, -0.2) is 8.42 Å². The molecular formula is C11H19N3O4S2. The number of sulfonamides is 1. The van der Waals surface area contributed by atoms with Crippen molar-refractivity contribution in [3.8, 4) is 0 Å². The van der Waals surface area contributed by atoms with E-state index in [1.54, 1.807) is 13.8 Å². The van der Waals surface area contributed by atoms with E-state index in [1.807, 2.05) is 6.92 Å². The average molecular weight is 321 g/mol. The maximum Gasteiger partial charge on any atom is 0.304 e. The van der Waals surface area contributed by atoms with Crippen molar-refractivity contribution < 1.29 is 13.3 Å². The molecule has 0 saturated heterocycles. The fourth-order valence-corrected chi connectivity index (χ4v) is 4.93. The normalized spacial score (nSPS) is 12.1. The predicted molar refractivity (Wildman–Crippen MR) is 79.8 cm³/mol. The molecule has 0 aliphatic carbocycles. The summed E-state index contributed by atoms with van der Waals surface area (Å²) in [6.07, 6.45) is 0.684. The SMILES string of the molecule is CCCN(C(C)C)S(=O)(=O)c1cc([N+](=O)[O-])c(NC)s1. The first kappa shape index (κ1) is 16.9. The van der Waals surface area contributed by atoms with Gasteiger partial charge in [0.05, 0.1) is 4.92 Å². The van der Waals surface area contributed by atoms with Gasteiger partial charge in [0, 0.05) is 25.7 Å². The molecule has 0 spiro atoms. The van der Waals surface area contributed by atoms with Crippen LogP contribution in [0.2, 0.25) is 0 Å². The summed E-state index contributed by atoms with van der Waals surface area (Å²) in [5, 5.41) is 13.8. The quantitative estimate of drug-likeness (QED) is 0.615. The van der Waals surface area contributed by atoms with Gasteiger partial charge in [-0.1, -0.05) is 18.3 Å². The summed E-state index contributed by atoms with van der Waals surface area (Å²) in [6.45, 7) is 5.85. The van der Waals surface area contributed by atoms with Crippen molar-refractivity contribution >= 4 is 32.0 Å². The second-order valence-corrected chi connectivity index (χ2v) is 7.67. The molecular weight excluding hydrogens is 302 g/mol. The minimum absolute atomic E-state index is 0.00398. The van der Waals surface area contributed by atoms with E-state index < -0.39 is 14.9 Å². The van der Waals surface area contributed by atoms with Gasteiger partial charge in [0.25, 0.3) is 10.0 Å². The highest BCUT2D eigenvalue weighted by atomic mass is 32.2. The van der Waals surface area contributed by atoms with E-state index in [4.69, 9.17) is 0 Å². The molecule has 1 aromatic rings. The standard InChI is InChI=1S/C11H19N3O4S2/c1-5-6-13(8(2)3)20(17,18)10-7-9(14(15)16)11(12-4)19-10/h7-8,12H,5-6H2,1-4H3. The zero-order valence-corrected chi connectivity index (χ0v) is 13.5. The van der Waals surface area contributed by atoms with Crippen molar-refractivity contribution in [3.63, 3.8) is 0 Å². The molecule has 0 unspecified atom stereocenters. The Bertz CT molecular complexity index is 580. The number of thiophene rings is 1. The summed E-state index contributed by atoms with van der Waals surface area (Å²) in [5.41, 5.74) is -0.212. The Morgan fingerprint density at radius 2 is 2.10 bits per heavy atom. The molecule has 0 aliphatic rings. The van der Waals surface area contributed by atoms with Crippen molar-refractivity contribution in [3.05, 3.63) is 16.2 Å². The van der Waals surface area contributed by atoms with E-state index in [0.29, 0.717) is 13.0 Å². The number of anilines is 1. The van der Waals surface area contributed by atoms with Crippen LogP contribution in [0, 0.1) is 10.1 Å². The van der Waals surface area contributed by atoms with Gasteiger partial charge in [0.15, 0.2) is 5.00 Å². The highest BCUT2D eigenvalue weighted by Gasteiger charge is 2.31. The zero-order chi connectivity index (χ0) is 15.5. The first-order valence-electron chi connectivity index (χ1n) is 6.23. The monoisotopic (exact) mass is 321 g/mol. The minimum Gasteiger partial charge on any atom is -0.374 e. The highest BCUT2D eigenvalue weighted by molar-refractivity contribution is 7.91. The Kier molecular flexibility index (Phi) is 5.49. The van der Waals surface area contributed by atoms with Gasteiger partial charge in [-0.15, -0.1) is 0 Å². The molecule has 1 aromatic heterocycles. The molecule has 0 atom stereocenters. The van der Waals surface area contributed by atoms with Crippen molar-refractivity contribution in [2.24, 2.45) is 0 Å². The summed E-state index contributed by atoms with van der Waals surface area (Å²) in [5.74, 6) is 0. The third-order valence-electron chi connectivity index (χ3n) is 2.70. The van der Waals surface area contributed by atoms with Crippen LogP contribution >= 0.6 is 11.3 Å². The lowest BCUT2D eigenvalue weighted by Gasteiger charge is -2.24. The van der Waals surface area contributed by atoms with Gasteiger partial charge in [0.2, 0.25) is 0 Å². The van der Waals surface area contributed by atoms with E-state index in [-0.39, 0.29) is 20.9 Å². The molecule has 1 heterocycles. The van der Waals surface area contributed by atoms with Gasteiger partial charge in [-0.2, -0.15) is 4.31 Å². The molecule has 0 fully saturated rings. The molecule has 0 radical (unpaired) electrons. The Labute approximate surface area is 122 Å². The molecule has 0 amide bonds. The van der Waals surface area contributed by atoms with E-state index in [0.717, 1.165) is 17.4 Å². The molecule has 0 aliphatic heterocycles. The molecule has 1 N–H and O–H groups in total. The second-order valence-electron chi connectivity index (χ2n) is 4.50. The number of hydrogen-bond donors (Lipinski definition) is 1. The summed E-state index contributed by atoms with van der Waals surface area (Å²) in [4.78, 5) is 10.3. The van der Waals surface area contributed by atoms with Crippen molar-refractivity contribution in [2.45, 2.75) is 37.4 Å². The van der Waals surface area contributed by atoms with Crippen LogP contribution in [-0.2, 0) is 10.0 Å². The summed E-state index contributed by atoms with van der Waals surface area (Å²) in [7, 11) is -2.17. The third-order valence-corrected chi connectivity index (χ3v) is 6.36. The molecule has 20 heavy (non-hydrogen) atoms. The van der Waals surface area contributed by atoms with Crippen molar-refractivity contribution in [1.29, 1.82) is 0 Å². The molecule has 7 nitrogen and oxygen atoms in total. The molecule has 0 saturated carbocycles. The number of nitrogens with zero attached hydrogens (tertiary/aromatic N) is 2. The van der Waals surface area contributed by atoms with Crippen molar-refractivity contribution in [2.75, 3.05) is 18.9 Å². The third kappa shape index (κ3) is 3.28. The van der Waals surface area contributed by atoms with Crippen LogP contribution in [0.5, 0.6) is 0 Å².